The van der Waals surface area contributed by atoms with Crippen molar-refractivity contribution >= 4 is 22.5 Å². The van der Waals surface area contributed by atoms with Crippen LogP contribution < -0.4 is 11.0 Å². The number of aromatic amines is 1. The second-order valence-electron chi connectivity index (χ2n) is 5.44. The molecule has 0 saturated heterocycles. The van der Waals surface area contributed by atoms with E-state index >= 15 is 0 Å². The molecule has 24 heavy (non-hydrogen) atoms. The van der Waals surface area contributed by atoms with Gasteiger partial charge in [0, 0.05) is 12.6 Å². The van der Waals surface area contributed by atoms with Gasteiger partial charge in [-0.1, -0.05) is 30.3 Å². The number of rotatable bonds is 4. The molecule has 0 fully saturated rings. The molecule has 120 valence electrons. The maximum absolute atomic E-state index is 13.5. The van der Waals surface area contributed by atoms with Gasteiger partial charge in [-0.3, -0.25) is 0 Å². The molecule has 0 amide bonds. The lowest BCUT2D eigenvalue weighted by atomic mass is 10.1. The first-order valence-corrected chi connectivity index (χ1v) is 7.56. The average Bonchev–Trinajstić information content (AvgIpc) is 2.99. The second-order valence-corrected chi connectivity index (χ2v) is 5.44. The van der Waals surface area contributed by atoms with E-state index in [0.29, 0.717) is 29.0 Å². The number of halogens is 1. The number of hydrogen-bond donors (Lipinski definition) is 2. The standard InChI is InChI=1S/C17H14FN5O/c18-12-6-7-13-14(10-12)23-16(21-22-17(23)24)15(20-13)19-9-8-11-4-2-1-3-5-11/h1-7,10H,8-9H2,(H,19,20)(H,22,24). The van der Waals surface area contributed by atoms with E-state index in [9.17, 15) is 9.18 Å². The van der Waals surface area contributed by atoms with Gasteiger partial charge in [0.2, 0.25) is 5.65 Å². The fourth-order valence-electron chi connectivity index (χ4n) is 2.71. The van der Waals surface area contributed by atoms with Gasteiger partial charge in [0.25, 0.3) is 0 Å². The molecule has 2 aromatic heterocycles. The van der Waals surface area contributed by atoms with Gasteiger partial charge in [-0.25, -0.2) is 23.7 Å². The number of anilines is 1. The van der Waals surface area contributed by atoms with Gasteiger partial charge in [-0.15, -0.1) is 5.10 Å². The van der Waals surface area contributed by atoms with Crippen LogP contribution in [-0.4, -0.2) is 26.1 Å². The van der Waals surface area contributed by atoms with Crippen molar-refractivity contribution in [3.8, 4) is 0 Å². The fourth-order valence-corrected chi connectivity index (χ4v) is 2.71. The van der Waals surface area contributed by atoms with Crippen molar-refractivity contribution < 1.29 is 4.39 Å². The van der Waals surface area contributed by atoms with Crippen molar-refractivity contribution in [2.75, 3.05) is 11.9 Å². The summed E-state index contributed by atoms with van der Waals surface area (Å²) in [6.45, 7) is 0.639. The Morgan fingerprint density at radius 2 is 2.00 bits per heavy atom. The van der Waals surface area contributed by atoms with Crippen LogP contribution in [-0.2, 0) is 6.42 Å². The summed E-state index contributed by atoms with van der Waals surface area (Å²) in [5, 5.41) is 9.60. The van der Waals surface area contributed by atoms with Gasteiger partial charge in [0.05, 0.1) is 11.0 Å². The number of aromatic nitrogens is 4. The van der Waals surface area contributed by atoms with E-state index in [2.05, 4.69) is 20.5 Å². The van der Waals surface area contributed by atoms with Crippen molar-refractivity contribution in [3.05, 3.63) is 70.4 Å². The molecule has 0 saturated carbocycles. The van der Waals surface area contributed by atoms with E-state index in [-0.39, 0.29) is 0 Å². The van der Waals surface area contributed by atoms with Crippen molar-refractivity contribution in [1.29, 1.82) is 0 Å². The summed E-state index contributed by atoms with van der Waals surface area (Å²) in [4.78, 5) is 16.5. The summed E-state index contributed by atoms with van der Waals surface area (Å²) in [6, 6.07) is 14.2. The van der Waals surface area contributed by atoms with Crippen LogP contribution in [0.5, 0.6) is 0 Å². The summed E-state index contributed by atoms with van der Waals surface area (Å²) >= 11 is 0. The van der Waals surface area contributed by atoms with Crippen LogP contribution in [0.1, 0.15) is 5.56 Å². The molecule has 4 rings (SSSR count). The predicted octanol–water partition coefficient (Wildman–Crippen LogP) is 2.36. The predicted molar refractivity (Wildman–Crippen MR) is 89.7 cm³/mol. The molecule has 6 nitrogen and oxygen atoms in total. The number of H-pyrrole nitrogens is 1. The third-order valence-electron chi connectivity index (χ3n) is 3.84. The molecule has 2 N–H and O–H groups in total. The van der Waals surface area contributed by atoms with E-state index in [1.807, 2.05) is 30.3 Å². The first-order valence-electron chi connectivity index (χ1n) is 7.56. The van der Waals surface area contributed by atoms with Gasteiger partial charge in [0.1, 0.15) is 5.82 Å². The topological polar surface area (TPSA) is 75.1 Å². The number of benzene rings is 2. The van der Waals surface area contributed by atoms with Crippen molar-refractivity contribution in [2.24, 2.45) is 0 Å². The number of nitrogens with zero attached hydrogens (tertiary/aromatic N) is 3. The molecule has 0 atom stereocenters. The zero-order chi connectivity index (χ0) is 16.5. The monoisotopic (exact) mass is 323 g/mol. The summed E-state index contributed by atoms with van der Waals surface area (Å²) in [5.74, 6) is 0.0619. The largest absolute Gasteiger partial charge is 0.367 e. The Labute approximate surface area is 136 Å². The third kappa shape index (κ3) is 2.50. The molecule has 7 heteroatoms. The Balaban J connectivity index is 1.72. The Morgan fingerprint density at radius 1 is 1.17 bits per heavy atom. The fraction of sp³-hybridized carbons (Fsp3) is 0.118. The summed E-state index contributed by atoms with van der Waals surface area (Å²) in [7, 11) is 0. The Kier molecular flexibility index (Phi) is 3.45. The zero-order valence-corrected chi connectivity index (χ0v) is 12.7. The van der Waals surface area contributed by atoms with Crippen molar-refractivity contribution in [1.82, 2.24) is 19.6 Å². The molecule has 0 spiro atoms. The molecule has 0 aliphatic rings. The highest BCUT2D eigenvalue weighted by atomic mass is 19.1. The van der Waals surface area contributed by atoms with Crippen LogP contribution in [0.15, 0.2) is 53.3 Å². The van der Waals surface area contributed by atoms with Gasteiger partial charge in [-0.05, 0) is 24.1 Å². The Bertz CT molecular complexity index is 1070. The highest BCUT2D eigenvalue weighted by Gasteiger charge is 2.13. The van der Waals surface area contributed by atoms with E-state index < -0.39 is 11.5 Å². The van der Waals surface area contributed by atoms with Gasteiger partial charge >= 0.3 is 5.69 Å². The summed E-state index contributed by atoms with van der Waals surface area (Å²) in [6.07, 6.45) is 0.810. The summed E-state index contributed by atoms with van der Waals surface area (Å²) in [5.41, 5.74) is 2.04. The molecule has 0 aliphatic heterocycles. The van der Waals surface area contributed by atoms with Crippen LogP contribution in [0.3, 0.4) is 0 Å². The van der Waals surface area contributed by atoms with Gasteiger partial charge < -0.3 is 5.32 Å². The minimum Gasteiger partial charge on any atom is -0.367 e. The van der Waals surface area contributed by atoms with Crippen LogP contribution in [0.25, 0.3) is 16.7 Å². The van der Waals surface area contributed by atoms with Crippen LogP contribution in [0.2, 0.25) is 0 Å². The van der Waals surface area contributed by atoms with E-state index in [1.54, 1.807) is 6.07 Å². The minimum atomic E-state index is -0.427. The molecule has 2 heterocycles. The van der Waals surface area contributed by atoms with Crippen LogP contribution in [0.4, 0.5) is 10.2 Å². The normalized spacial score (nSPS) is 11.2. The highest BCUT2D eigenvalue weighted by molar-refractivity contribution is 5.82. The first-order chi connectivity index (χ1) is 11.7. The Morgan fingerprint density at radius 3 is 2.83 bits per heavy atom. The maximum Gasteiger partial charge on any atom is 0.348 e. The van der Waals surface area contributed by atoms with E-state index in [4.69, 9.17) is 0 Å². The van der Waals surface area contributed by atoms with E-state index in [1.165, 1.54) is 22.1 Å². The molecule has 2 aromatic carbocycles. The lowest BCUT2D eigenvalue weighted by molar-refractivity contribution is 0.629. The third-order valence-corrected chi connectivity index (χ3v) is 3.84. The highest BCUT2D eigenvalue weighted by Crippen LogP contribution is 2.19. The molecular weight excluding hydrogens is 309 g/mol. The molecular formula is C17H14FN5O. The number of hydrogen-bond acceptors (Lipinski definition) is 4. The summed E-state index contributed by atoms with van der Waals surface area (Å²) < 4.78 is 14.8. The minimum absolute atomic E-state index is 0.353. The van der Waals surface area contributed by atoms with Crippen molar-refractivity contribution in [3.63, 3.8) is 0 Å². The van der Waals surface area contributed by atoms with Gasteiger partial charge in [0.15, 0.2) is 5.82 Å². The maximum atomic E-state index is 13.5. The molecule has 0 aliphatic carbocycles. The SMILES string of the molecule is O=c1[nH]nc2c(NCCc3ccccc3)nc3ccc(F)cc3n12. The molecule has 4 aromatic rings. The van der Waals surface area contributed by atoms with Crippen LogP contribution in [0, 0.1) is 5.82 Å². The lowest BCUT2D eigenvalue weighted by Crippen LogP contribution is -2.13. The smallest absolute Gasteiger partial charge is 0.348 e. The lowest BCUT2D eigenvalue weighted by Gasteiger charge is -2.09. The second kappa shape index (κ2) is 5.77. The van der Waals surface area contributed by atoms with Crippen molar-refractivity contribution in [2.45, 2.75) is 6.42 Å². The zero-order valence-electron chi connectivity index (χ0n) is 12.7. The number of fused-ring (bicyclic) bond motifs is 3. The Hall–Kier alpha value is -3.22. The van der Waals surface area contributed by atoms with Crippen LogP contribution >= 0.6 is 0 Å². The average molecular weight is 323 g/mol. The first kappa shape index (κ1) is 14.4. The molecule has 0 unspecified atom stereocenters. The van der Waals surface area contributed by atoms with Gasteiger partial charge in [-0.2, -0.15) is 0 Å². The molecule has 0 bridgehead atoms. The van der Waals surface area contributed by atoms with E-state index in [0.717, 1.165) is 6.42 Å². The quantitative estimate of drug-likeness (QED) is 0.604. The molecule has 0 radical (unpaired) electrons. The number of nitrogens with one attached hydrogen (secondary N) is 2.